The van der Waals surface area contributed by atoms with Gasteiger partial charge in [0.05, 0.1) is 11.6 Å². The molecule has 1 fully saturated rings. The molecule has 7 nitrogen and oxygen atoms in total. The Hall–Kier alpha value is -2.96. The van der Waals surface area contributed by atoms with Crippen LogP contribution in [-0.4, -0.2) is 45.1 Å². The van der Waals surface area contributed by atoms with Crippen LogP contribution in [0, 0.1) is 5.92 Å². The smallest absolute Gasteiger partial charge is 0.254 e. The highest BCUT2D eigenvalue weighted by molar-refractivity contribution is 5.79. The van der Waals surface area contributed by atoms with E-state index in [2.05, 4.69) is 37.4 Å². The van der Waals surface area contributed by atoms with Gasteiger partial charge in [-0.3, -0.25) is 4.79 Å². The number of nitrogens with one attached hydrogen (secondary N) is 1. The number of anilines is 1. The molecule has 3 heterocycles. The van der Waals surface area contributed by atoms with E-state index < -0.39 is 0 Å². The molecule has 150 valence electrons. The lowest BCUT2D eigenvalue weighted by Gasteiger charge is -2.34. The Balaban J connectivity index is 1.29. The summed E-state index contributed by atoms with van der Waals surface area (Å²) in [6.45, 7) is 2.35. The molecule has 1 aromatic carbocycles. The molecule has 0 radical (unpaired) electrons. The summed E-state index contributed by atoms with van der Waals surface area (Å²) in [6, 6.07) is 10.3. The fourth-order valence-corrected chi connectivity index (χ4v) is 4.63. The summed E-state index contributed by atoms with van der Waals surface area (Å²) >= 11 is 0. The van der Waals surface area contributed by atoms with E-state index in [1.54, 1.807) is 6.33 Å². The van der Waals surface area contributed by atoms with Gasteiger partial charge in [0.15, 0.2) is 0 Å². The molecule has 0 saturated carbocycles. The average molecular weight is 390 g/mol. The fraction of sp³-hybridized carbons (Fsp3) is 0.455. The molecule has 5 rings (SSSR count). The van der Waals surface area contributed by atoms with Gasteiger partial charge < -0.3 is 10.2 Å². The number of carbonyl (C=O) groups is 1. The Morgan fingerprint density at radius 2 is 2.07 bits per heavy atom. The van der Waals surface area contributed by atoms with E-state index in [9.17, 15) is 4.79 Å². The summed E-state index contributed by atoms with van der Waals surface area (Å²) in [5.74, 6) is 1.92. The zero-order valence-electron chi connectivity index (χ0n) is 16.5. The van der Waals surface area contributed by atoms with Crippen LogP contribution in [0.3, 0.4) is 0 Å². The van der Waals surface area contributed by atoms with Gasteiger partial charge in [-0.2, -0.15) is 14.6 Å². The monoisotopic (exact) mass is 390 g/mol. The molecule has 1 aliphatic heterocycles. The largest absolute Gasteiger partial charge is 0.355 e. The molecule has 1 atom stereocenters. The lowest BCUT2D eigenvalue weighted by molar-refractivity contribution is -0.125. The first kappa shape index (κ1) is 18.1. The van der Waals surface area contributed by atoms with E-state index in [4.69, 9.17) is 0 Å². The predicted octanol–water partition coefficient (Wildman–Crippen LogP) is 2.19. The molecule has 0 spiro atoms. The second-order valence-corrected chi connectivity index (χ2v) is 8.00. The Labute approximate surface area is 170 Å². The van der Waals surface area contributed by atoms with Gasteiger partial charge in [-0.15, -0.1) is 0 Å². The lowest BCUT2D eigenvalue weighted by atomic mass is 9.96. The first-order valence-electron chi connectivity index (χ1n) is 10.6. The van der Waals surface area contributed by atoms with Gasteiger partial charge in [0.25, 0.3) is 5.78 Å². The number of amides is 1. The lowest BCUT2D eigenvalue weighted by Crippen LogP contribution is -2.44. The van der Waals surface area contributed by atoms with Crippen LogP contribution in [-0.2, 0) is 24.1 Å². The third kappa shape index (κ3) is 3.57. The fourth-order valence-electron chi connectivity index (χ4n) is 4.63. The third-order valence-electron chi connectivity index (χ3n) is 6.07. The number of hydrogen-bond donors (Lipinski definition) is 1. The molecule has 1 saturated heterocycles. The van der Waals surface area contributed by atoms with E-state index in [1.165, 1.54) is 11.1 Å². The van der Waals surface area contributed by atoms with Crippen molar-refractivity contribution in [2.45, 2.75) is 38.5 Å². The highest BCUT2D eigenvalue weighted by Crippen LogP contribution is 2.33. The highest BCUT2D eigenvalue weighted by Gasteiger charge is 2.30. The Bertz CT molecular complexity index is 1010. The number of aryl methyl sites for hydroxylation is 1. The van der Waals surface area contributed by atoms with Crippen LogP contribution in [0.2, 0.25) is 0 Å². The van der Waals surface area contributed by atoms with Crippen LogP contribution >= 0.6 is 0 Å². The summed E-state index contributed by atoms with van der Waals surface area (Å²) in [6.07, 6.45) is 7.52. The number of hydrogen-bond acceptors (Lipinski definition) is 5. The summed E-state index contributed by atoms with van der Waals surface area (Å²) in [5.41, 5.74) is 3.68. The highest BCUT2D eigenvalue weighted by atomic mass is 16.1. The number of aromatic nitrogens is 4. The maximum atomic E-state index is 12.8. The van der Waals surface area contributed by atoms with Crippen molar-refractivity contribution in [3.8, 4) is 0 Å². The van der Waals surface area contributed by atoms with Crippen molar-refractivity contribution >= 4 is 17.5 Å². The molecule has 7 heteroatoms. The van der Waals surface area contributed by atoms with Gasteiger partial charge in [0, 0.05) is 25.2 Å². The molecule has 1 N–H and O–H groups in total. The zero-order valence-corrected chi connectivity index (χ0v) is 16.5. The maximum Gasteiger partial charge on any atom is 0.254 e. The number of piperidine rings is 1. The van der Waals surface area contributed by atoms with Crippen LogP contribution < -0.4 is 10.2 Å². The van der Waals surface area contributed by atoms with Gasteiger partial charge in [0.1, 0.15) is 12.1 Å². The zero-order chi connectivity index (χ0) is 19.6. The molecule has 1 amide bonds. The van der Waals surface area contributed by atoms with Gasteiger partial charge >= 0.3 is 0 Å². The quantitative estimate of drug-likeness (QED) is 0.723. The van der Waals surface area contributed by atoms with Crippen LogP contribution in [0.15, 0.2) is 36.7 Å². The molecule has 3 aromatic rings. The molecule has 0 unspecified atom stereocenters. The van der Waals surface area contributed by atoms with Crippen LogP contribution in [0.4, 0.5) is 5.82 Å². The van der Waals surface area contributed by atoms with Crippen LogP contribution in [0.5, 0.6) is 0 Å². The van der Waals surface area contributed by atoms with Gasteiger partial charge in [-0.05, 0) is 44.1 Å². The van der Waals surface area contributed by atoms with Crippen molar-refractivity contribution in [2.75, 3.05) is 24.5 Å². The molecule has 2 aliphatic rings. The van der Waals surface area contributed by atoms with Crippen LogP contribution in [0.25, 0.3) is 5.78 Å². The van der Waals surface area contributed by atoms with Crippen molar-refractivity contribution in [3.05, 3.63) is 53.5 Å². The van der Waals surface area contributed by atoms with Gasteiger partial charge in [0.2, 0.25) is 5.91 Å². The second-order valence-electron chi connectivity index (χ2n) is 8.00. The summed E-state index contributed by atoms with van der Waals surface area (Å²) in [4.78, 5) is 24.1. The maximum absolute atomic E-state index is 12.8. The van der Waals surface area contributed by atoms with Crippen molar-refractivity contribution in [1.29, 1.82) is 0 Å². The van der Waals surface area contributed by atoms with Gasteiger partial charge in [-0.1, -0.05) is 30.3 Å². The standard InChI is InChI=1S/C22H26N6O/c29-20(23-12-11-16-6-2-1-3-7-16)17-8-5-13-27(14-17)21-18-9-4-10-19(18)26-22-24-15-25-28(21)22/h1-3,6-7,15,17H,4-5,8-14H2,(H,23,29)/t17-/m1/s1. The van der Waals surface area contributed by atoms with Crippen molar-refractivity contribution < 1.29 is 4.79 Å². The Morgan fingerprint density at radius 1 is 1.17 bits per heavy atom. The van der Waals surface area contributed by atoms with E-state index in [0.717, 1.165) is 63.1 Å². The number of nitrogens with zero attached hydrogens (tertiary/aromatic N) is 5. The van der Waals surface area contributed by atoms with E-state index in [-0.39, 0.29) is 11.8 Å². The minimum atomic E-state index is 0.00307. The molecular weight excluding hydrogens is 364 g/mol. The Kier molecular flexibility index (Phi) is 4.87. The first-order chi connectivity index (χ1) is 14.3. The number of carbonyl (C=O) groups excluding carboxylic acids is 1. The number of rotatable bonds is 5. The third-order valence-corrected chi connectivity index (χ3v) is 6.07. The van der Waals surface area contributed by atoms with E-state index in [0.29, 0.717) is 12.3 Å². The summed E-state index contributed by atoms with van der Waals surface area (Å²) in [5, 5.41) is 7.57. The van der Waals surface area contributed by atoms with E-state index >= 15 is 0 Å². The molecule has 0 bridgehead atoms. The molecule has 2 aromatic heterocycles. The van der Waals surface area contributed by atoms with Crippen molar-refractivity contribution in [2.24, 2.45) is 5.92 Å². The van der Waals surface area contributed by atoms with Gasteiger partial charge in [-0.25, -0.2) is 4.98 Å². The number of benzene rings is 1. The predicted molar refractivity (Wildman–Crippen MR) is 111 cm³/mol. The van der Waals surface area contributed by atoms with E-state index in [1.807, 2.05) is 22.7 Å². The van der Waals surface area contributed by atoms with Crippen molar-refractivity contribution in [3.63, 3.8) is 0 Å². The van der Waals surface area contributed by atoms with Crippen LogP contribution in [0.1, 0.15) is 36.1 Å². The number of fused-ring (bicyclic) bond motifs is 2. The summed E-state index contributed by atoms with van der Waals surface area (Å²) < 4.78 is 1.86. The summed E-state index contributed by atoms with van der Waals surface area (Å²) in [7, 11) is 0. The Morgan fingerprint density at radius 3 is 2.97 bits per heavy atom. The SMILES string of the molecule is O=C(NCCc1ccccc1)[C@@H]1CCCN(c2c3c(nc4ncnn24)CCC3)C1. The minimum Gasteiger partial charge on any atom is -0.355 e. The second kappa shape index (κ2) is 7.81. The minimum absolute atomic E-state index is 0.00307. The topological polar surface area (TPSA) is 75.4 Å². The molecular formula is C22H26N6O. The molecule has 1 aliphatic carbocycles. The molecule has 29 heavy (non-hydrogen) atoms. The van der Waals surface area contributed by atoms with Crippen molar-refractivity contribution in [1.82, 2.24) is 24.9 Å². The first-order valence-corrected chi connectivity index (χ1v) is 10.6. The normalized spacial score (nSPS) is 18.8. The average Bonchev–Trinajstić information content (AvgIpc) is 3.41.